The van der Waals surface area contributed by atoms with Crippen molar-refractivity contribution in [3.8, 4) is 12.3 Å². The fourth-order valence-corrected chi connectivity index (χ4v) is 0.586. The van der Waals surface area contributed by atoms with Crippen LogP contribution in [-0.2, 0) is 0 Å². The molecule has 3 heteroatoms. The van der Waals surface area contributed by atoms with Crippen LogP contribution in [0.25, 0.3) is 0 Å². The van der Waals surface area contributed by atoms with E-state index in [0.29, 0.717) is 0 Å². The molecule has 0 aliphatic carbocycles. The van der Waals surface area contributed by atoms with E-state index in [4.69, 9.17) is 6.42 Å². The van der Waals surface area contributed by atoms with Crippen LogP contribution in [0.4, 0.5) is 13.2 Å². The quantitative estimate of drug-likeness (QED) is 0.445. The molecule has 0 nitrogen and oxygen atoms in total. The van der Waals surface area contributed by atoms with Crippen LogP contribution in [0.5, 0.6) is 0 Å². The minimum absolute atomic E-state index is 0.0550. The van der Waals surface area contributed by atoms with Crippen molar-refractivity contribution in [2.45, 2.75) is 19.5 Å². The Morgan fingerprint density at radius 1 is 1.50 bits per heavy atom. The van der Waals surface area contributed by atoms with E-state index in [1.165, 1.54) is 12.2 Å². The Hall–Kier alpha value is -1.17. The van der Waals surface area contributed by atoms with Gasteiger partial charge in [0.2, 0.25) is 0 Å². The van der Waals surface area contributed by atoms with Gasteiger partial charge in [-0.15, -0.1) is 6.42 Å². The maximum Gasteiger partial charge on any atom is 0.393 e. The summed E-state index contributed by atoms with van der Waals surface area (Å²) in [5, 5.41) is 0. The van der Waals surface area contributed by atoms with E-state index in [1.54, 1.807) is 13.0 Å². The molecule has 0 aromatic rings. The van der Waals surface area contributed by atoms with Gasteiger partial charge in [0, 0.05) is 5.57 Å². The first kappa shape index (κ1) is 10.8. The highest BCUT2D eigenvalue weighted by atomic mass is 19.4. The van der Waals surface area contributed by atoms with Crippen LogP contribution in [-0.4, -0.2) is 6.18 Å². The van der Waals surface area contributed by atoms with E-state index in [1.807, 2.05) is 5.92 Å². The van der Waals surface area contributed by atoms with E-state index in [2.05, 4.69) is 0 Å². The molecule has 12 heavy (non-hydrogen) atoms. The van der Waals surface area contributed by atoms with Crippen LogP contribution in [0.15, 0.2) is 23.8 Å². The lowest BCUT2D eigenvalue weighted by atomic mass is 10.2. The zero-order valence-electron chi connectivity index (χ0n) is 6.65. The Balaban J connectivity index is 4.31. The molecule has 0 spiro atoms. The molecule has 0 unspecified atom stereocenters. The lowest BCUT2D eigenvalue weighted by Gasteiger charge is -2.03. The fraction of sp³-hybridized carbons (Fsp3) is 0.333. The number of halogens is 3. The molecular weight excluding hydrogens is 165 g/mol. The molecule has 0 aromatic carbocycles. The SMILES string of the molecule is C#C/C(=C\C=C/C)CC(F)(F)F. The molecule has 0 aromatic heterocycles. The highest BCUT2D eigenvalue weighted by Crippen LogP contribution is 2.23. The van der Waals surface area contributed by atoms with Crippen molar-refractivity contribution in [1.29, 1.82) is 0 Å². The minimum atomic E-state index is -4.22. The second kappa shape index (κ2) is 4.66. The Morgan fingerprint density at radius 2 is 2.08 bits per heavy atom. The molecular formula is C9H9F3. The average molecular weight is 174 g/mol. The van der Waals surface area contributed by atoms with Crippen molar-refractivity contribution >= 4 is 0 Å². The average Bonchev–Trinajstić information content (AvgIpc) is 1.95. The van der Waals surface area contributed by atoms with Crippen LogP contribution < -0.4 is 0 Å². The monoisotopic (exact) mass is 174 g/mol. The number of hydrogen-bond donors (Lipinski definition) is 0. The molecule has 0 radical (unpaired) electrons. The van der Waals surface area contributed by atoms with Gasteiger partial charge in [-0.3, -0.25) is 0 Å². The Kier molecular flexibility index (Phi) is 4.20. The maximum atomic E-state index is 11.8. The zero-order chi connectivity index (χ0) is 9.61. The lowest BCUT2D eigenvalue weighted by molar-refractivity contribution is -0.126. The largest absolute Gasteiger partial charge is 0.393 e. The van der Waals surface area contributed by atoms with E-state index in [-0.39, 0.29) is 5.57 Å². The van der Waals surface area contributed by atoms with Crippen LogP contribution in [0.2, 0.25) is 0 Å². The second-order valence-corrected chi connectivity index (χ2v) is 2.15. The van der Waals surface area contributed by atoms with Crippen LogP contribution in [0, 0.1) is 12.3 Å². The van der Waals surface area contributed by atoms with Gasteiger partial charge in [0.25, 0.3) is 0 Å². The van der Waals surface area contributed by atoms with Crippen molar-refractivity contribution in [1.82, 2.24) is 0 Å². The van der Waals surface area contributed by atoms with Gasteiger partial charge in [-0.05, 0) is 6.92 Å². The fourth-order valence-electron chi connectivity index (χ4n) is 0.586. The zero-order valence-corrected chi connectivity index (χ0v) is 6.65. The van der Waals surface area contributed by atoms with Crippen LogP contribution in [0.3, 0.4) is 0 Å². The Morgan fingerprint density at radius 3 is 2.42 bits per heavy atom. The van der Waals surface area contributed by atoms with Gasteiger partial charge in [-0.2, -0.15) is 13.2 Å². The van der Waals surface area contributed by atoms with Gasteiger partial charge in [-0.1, -0.05) is 24.1 Å². The van der Waals surface area contributed by atoms with E-state index in [9.17, 15) is 13.2 Å². The van der Waals surface area contributed by atoms with Gasteiger partial charge < -0.3 is 0 Å². The summed E-state index contributed by atoms with van der Waals surface area (Å²) in [5.41, 5.74) is -0.0550. The predicted molar refractivity (Wildman–Crippen MR) is 42.4 cm³/mol. The third-order valence-corrected chi connectivity index (χ3v) is 1.07. The first-order valence-corrected chi connectivity index (χ1v) is 3.35. The molecule has 0 atom stereocenters. The second-order valence-electron chi connectivity index (χ2n) is 2.15. The number of hydrogen-bond acceptors (Lipinski definition) is 0. The van der Waals surface area contributed by atoms with Crippen molar-refractivity contribution in [2.24, 2.45) is 0 Å². The molecule has 0 fully saturated rings. The van der Waals surface area contributed by atoms with Crippen molar-refractivity contribution < 1.29 is 13.2 Å². The van der Waals surface area contributed by atoms with Gasteiger partial charge >= 0.3 is 6.18 Å². The first-order valence-electron chi connectivity index (χ1n) is 3.35. The molecule has 0 amide bonds. The summed E-state index contributed by atoms with van der Waals surface area (Å²) >= 11 is 0. The summed E-state index contributed by atoms with van der Waals surface area (Å²) in [5.74, 6) is 1.98. The highest BCUT2D eigenvalue weighted by Gasteiger charge is 2.27. The summed E-state index contributed by atoms with van der Waals surface area (Å²) in [6.07, 6.45) is 4.00. The molecule has 0 N–H and O–H groups in total. The van der Waals surface area contributed by atoms with Crippen LogP contribution >= 0.6 is 0 Å². The molecule has 0 bridgehead atoms. The van der Waals surface area contributed by atoms with Gasteiger partial charge in [-0.25, -0.2) is 0 Å². The molecule has 66 valence electrons. The maximum absolute atomic E-state index is 11.8. The summed E-state index contributed by atoms with van der Waals surface area (Å²) in [4.78, 5) is 0. The van der Waals surface area contributed by atoms with Gasteiger partial charge in [0.15, 0.2) is 0 Å². The van der Waals surface area contributed by atoms with Gasteiger partial charge in [0.05, 0.1) is 6.42 Å². The lowest BCUT2D eigenvalue weighted by Crippen LogP contribution is -2.07. The number of terminal acetylenes is 1. The van der Waals surface area contributed by atoms with Gasteiger partial charge in [0.1, 0.15) is 0 Å². The number of rotatable bonds is 2. The highest BCUT2D eigenvalue weighted by molar-refractivity contribution is 5.29. The Labute approximate surface area is 69.8 Å². The molecule has 0 rings (SSSR count). The molecule has 0 heterocycles. The Bertz CT molecular complexity index is 225. The summed E-state index contributed by atoms with van der Waals surface area (Å²) < 4.78 is 35.3. The summed E-state index contributed by atoms with van der Waals surface area (Å²) in [6.45, 7) is 1.71. The van der Waals surface area contributed by atoms with Crippen LogP contribution in [0.1, 0.15) is 13.3 Å². The smallest absolute Gasteiger partial charge is 0.171 e. The van der Waals surface area contributed by atoms with E-state index in [0.717, 1.165) is 0 Å². The minimum Gasteiger partial charge on any atom is -0.171 e. The topological polar surface area (TPSA) is 0 Å². The third kappa shape index (κ3) is 5.60. The number of allylic oxidation sites excluding steroid dienone is 4. The molecule has 0 aliphatic rings. The van der Waals surface area contributed by atoms with E-state index < -0.39 is 12.6 Å². The number of alkyl halides is 3. The predicted octanol–water partition coefficient (Wildman–Crippen LogP) is 3.07. The first-order chi connectivity index (χ1) is 5.49. The van der Waals surface area contributed by atoms with Crippen molar-refractivity contribution in [3.05, 3.63) is 23.8 Å². The summed E-state index contributed by atoms with van der Waals surface area (Å²) in [7, 11) is 0. The van der Waals surface area contributed by atoms with E-state index >= 15 is 0 Å². The standard InChI is InChI=1S/C9H9F3/c1-3-5-6-8(4-2)7-9(10,11)12/h2-3,5-6H,7H2,1H3/b5-3-,8-6+. The van der Waals surface area contributed by atoms with Crippen molar-refractivity contribution in [2.75, 3.05) is 0 Å². The molecule has 0 saturated carbocycles. The van der Waals surface area contributed by atoms with Crippen molar-refractivity contribution in [3.63, 3.8) is 0 Å². The third-order valence-electron chi connectivity index (χ3n) is 1.07. The molecule has 0 saturated heterocycles. The summed E-state index contributed by atoms with van der Waals surface area (Å²) in [6, 6.07) is 0. The molecule has 0 aliphatic heterocycles. The normalized spacial score (nSPS) is 13.4.